The second kappa shape index (κ2) is 6.18. The van der Waals surface area contributed by atoms with Gasteiger partial charge >= 0.3 is 0 Å². The molecule has 0 spiro atoms. The summed E-state index contributed by atoms with van der Waals surface area (Å²) in [5, 5.41) is 0. The van der Waals surface area contributed by atoms with Crippen LogP contribution in [0.1, 0.15) is 21.5 Å². The molecule has 1 nitrogen and oxygen atoms in total. The van der Waals surface area contributed by atoms with Crippen molar-refractivity contribution in [1.29, 1.82) is 0 Å². The van der Waals surface area contributed by atoms with Gasteiger partial charge in [0.15, 0.2) is 17.4 Å². The van der Waals surface area contributed by atoms with Gasteiger partial charge < -0.3 is 0 Å². The van der Waals surface area contributed by atoms with E-state index in [-0.39, 0.29) is 11.5 Å². The molecule has 0 aromatic heterocycles. The molecule has 4 heteroatoms. The lowest BCUT2D eigenvalue weighted by Crippen LogP contribution is -2.03. The topological polar surface area (TPSA) is 17.1 Å². The molecule has 0 unspecified atom stereocenters. The smallest absolute Gasteiger partial charge is 0.173 e. The van der Waals surface area contributed by atoms with Crippen LogP contribution >= 0.6 is 11.8 Å². The van der Waals surface area contributed by atoms with Gasteiger partial charge in [-0.1, -0.05) is 12.1 Å². The molecule has 0 heterocycles. The fraction of sp³-hybridized carbons (Fsp3) is 0.188. The molecule has 20 heavy (non-hydrogen) atoms. The van der Waals surface area contributed by atoms with Gasteiger partial charge in [-0.05, 0) is 49.2 Å². The van der Waals surface area contributed by atoms with Crippen molar-refractivity contribution in [2.45, 2.75) is 18.7 Å². The van der Waals surface area contributed by atoms with Gasteiger partial charge in [0.2, 0.25) is 0 Å². The second-order valence-electron chi connectivity index (χ2n) is 4.59. The monoisotopic (exact) mass is 292 g/mol. The van der Waals surface area contributed by atoms with Gasteiger partial charge in [-0.15, -0.1) is 11.8 Å². The fourth-order valence-electron chi connectivity index (χ4n) is 1.71. The average molecular weight is 292 g/mol. The minimum atomic E-state index is -0.895. The zero-order valence-electron chi connectivity index (χ0n) is 11.2. The zero-order valence-corrected chi connectivity index (χ0v) is 12.1. The number of carbonyl (C=O) groups is 1. The Kier molecular flexibility index (Phi) is 4.55. The molecular weight excluding hydrogens is 278 g/mol. The quantitative estimate of drug-likeness (QED) is 0.607. The van der Waals surface area contributed by atoms with Crippen LogP contribution in [-0.2, 0) is 0 Å². The lowest BCUT2D eigenvalue weighted by atomic mass is 10.0. The van der Waals surface area contributed by atoms with Crippen LogP contribution in [0.3, 0.4) is 0 Å². The van der Waals surface area contributed by atoms with Gasteiger partial charge in [-0.2, -0.15) is 0 Å². The lowest BCUT2D eigenvalue weighted by Gasteiger charge is -2.05. The average Bonchev–Trinajstić information content (AvgIpc) is 2.43. The van der Waals surface area contributed by atoms with Crippen molar-refractivity contribution in [1.82, 2.24) is 0 Å². The van der Waals surface area contributed by atoms with E-state index in [1.165, 1.54) is 17.8 Å². The maximum absolute atomic E-state index is 13.1. The first-order chi connectivity index (χ1) is 9.47. The van der Waals surface area contributed by atoms with Crippen LogP contribution in [0.2, 0.25) is 0 Å². The summed E-state index contributed by atoms with van der Waals surface area (Å²) in [5.41, 5.74) is 2.84. The van der Waals surface area contributed by atoms with Gasteiger partial charge in [0.05, 0.1) is 5.75 Å². The normalized spacial score (nSPS) is 10.6. The Bertz CT molecular complexity index is 653. The third-order valence-corrected chi connectivity index (χ3v) is 4.08. The maximum Gasteiger partial charge on any atom is 0.173 e. The molecule has 104 valence electrons. The third kappa shape index (κ3) is 3.45. The fourth-order valence-corrected chi connectivity index (χ4v) is 2.53. The van der Waals surface area contributed by atoms with Crippen LogP contribution in [0, 0.1) is 25.5 Å². The van der Waals surface area contributed by atoms with Gasteiger partial charge in [-0.25, -0.2) is 8.78 Å². The Labute approximate surface area is 121 Å². The summed E-state index contributed by atoms with van der Waals surface area (Å²) in [6.07, 6.45) is 0. The lowest BCUT2D eigenvalue weighted by molar-refractivity contribution is 0.102. The number of hydrogen-bond donors (Lipinski definition) is 0. The summed E-state index contributed by atoms with van der Waals surface area (Å²) in [4.78, 5) is 12.6. The SMILES string of the molecule is Cc1ccc(C(=O)CSc2ccc(F)c(F)c2)cc1C. The molecule has 0 aliphatic heterocycles. The minimum absolute atomic E-state index is 0.0252. The van der Waals surface area contributed by atoms with Crippen LogP contribution in [0.5, 0.6) is 0 Å². The van der Waals surface area contributed by atoms with E-state index < -0.39 is 11.6 Å². The highest BCUT2D eigenvalue weighted by Gasteiger charge is 2.09. The zero-order chi connectivity index (χ0) is 14.7. The summed E-state index contributed by atoms with van der Waals surface area (Å²) in [6, 6.07) is 9.19. The molecule has 0 aliphatic rings. The second-order valence-corrected chi connectivity index (χ2v) is 5.64. The van der Waals surface area contributed by atoms with E-state index in [1.54, 1.807) is 6.07 Å². The van der Waals surface area contributed by atoms with Crippen LogP contribution < -0.4 is 0 Å². The highest BCUT2D eigenvalue weighted by atomic mass is 32.2. The van der Waals surface area contributed by atoms with Gasteiger partial charge in [0.25, 0.3) is 0 Å². The van der Waals surface area contributed by atoms with Crippen LogP contribution in [0.25, 0.3) is 0 Å². The standard InChI is InChI=1S/C16H14F2OS/c1-10-3-4-12(7-11(10)2)16(19)9-20-13-5-6-14(17)15(18)8-13/h3-8H,9H2,1-2H3. The molecule has 0 saturated heterocycles. The minimum Gasteiger partial charge on any atom is -0.293 e. The van der Waals surface area contributed by atoms with E-state index in [2.05, 4.69) is 0 Å². The predicted molar refractivity (Wildman–Crippen MR) is 77.3 cm³/mol. The summed E-state index contributed by atoms with van der Waals surface area (Å²) >= 11 is 1.20. The first-order valence-corrected chi connectivity index (χ1v) is 7.14. The van der Waals surface area contributed by atoms with Crippen molar-refractivity contribution in [2.24, 2.45) is 0 Å². The summed E-state index contributed by atoms with van der Waals surface area (Å²) in [5.74, 6) is -1.60. The van der Waals surface area contributed by atoms with E-state index in [0.717, 1.165) is 23.3 Å². The molecule has 0 saturated carbocycles. The number of Topliss-reactive ketones (excluding diaryl/α,β-unsaturated/α-hetero) is 1. The first kappa shape index (κ1) is 14.7. The van der Waals surface area contributed by atoms with E-state index in [0.29, 0.717) is 10.5 Å². The van der Waals surface area contributed by atoms with E-state index >= 15 is 0 Å². The third-order valence-electron chi connectivity index (χ3n) is 3.09. The molecule has 0 amide bonds. The predicted octanol–water partition coefficient (Wildman–Crippen LogP) is 4.56. The Morgan fingerprint density at radius 2 is 1.75 bits per heavy atom. The number of thioether (sulfide) groups is 1. The number of aryl methyl sites for hydroxylation is 2. The van der Waals surface area contributed by atoms with Crippen LogP contribution in [0.15, 0.2) is 41.3 Å². The largest absolute Gasteiger partial charge is 0.293 e. The van der Waals surface area contributed by atoms with E-state index in [9.17, 15) is 13.6 Å². The molecule has 0 aliphatic carbocycles. The van der Waals surface area contributed by atoms with Gasteiger partial charge in [-0.3, -0.25) is 4.79 Å². The van der Waals surface area contributed by atoms with E-state index in [1.807, 2.05) is 26.0 Å². The van der Waals surface area contributed by atoms with Crippen LogP contribution in [0.4, 0.5) is 8.78 Å². The molecule has 0 fully saturated rings. The number of ketones is 1. The van der Waals surface area contributed by atoms with Crippen molar-refractivity contribution in [3.63, 3.8) is 0 Å². The van der Waals surface area contributed by atoms with Crippen molar-refractivity contribution in [3.8, 4) is 0 Å². The molecular formula is C16H14F2OS. The summed E-state index contributed by atoms with van der Waals surface area (Å²) < 4.78 is 25.8. The summed E-state index contributed by atoms with van der Waals surface area (Å²) in [6.45, 7) is 3.94. The van der Waals surface area contributed by atoms with Crippen molar-refractivity contribution < 1.29 is 13.6 Å². The number of rotatable bonds is 4. The first-order valence-electron chi connectivity index (χ1n) is 6.15. The number of carbonyl (C=O) groups excluding carboxylic acids is 1. The summed E-state index contributed by atoms with van der Waals surface area (Å²) in [7, 11) is 0. The van der Waals surface area contributed by atoms with E-state index in [4.69, 9.17) is 0 Å². The van der Waals surface area contributed by atoms with Gasteiger partial charge in [0, 0.05) is 10.5 Å². The van der Waals surface area contributed by atoms with Gasteiger partial charge in [0.1, 0.15) is 0 Å². The molecule has 0 atom stereocenters. The molecule has 0 N–H and O–H groups in total. The molecule has 2 aromatic rings. The molecule has 0 bridgehead atoms. The Hall–Kier alpha value is -1.68. The highest BCUT2D eigenvalue weighted by Crippen LogP contribution is 2.22. The number of hydrogen-bond acceptors (Lipinski definition) is 2. The number of benzene rings is 2. The molecule has 2 rings (SSSR count). The maximum atomic E-state index is 13.1. The Balaban J connectivity index is 2.04. The molecule has 0 radical (unpaired) electrons. The highest BCUT2D eigenvalue weighted by molar-refractivity contribution is 8.00. The van der Waals surface area contributed by atoms with Crippen molar-refractivity contribution >= 4 is 17.5 Å². The molecule has 2 aromatic carbocycles. The van der Waals surface area contributed by atoms with Crippen LogP contribution in [-0.4, -0.2) is 11.5 Å². The Morgan fingerprint density at radius 1 is 1.00 bits per heavy atom. The Morgan fingerprint density at radius 3 is 2.40 bits per heavy atom. The van der Waals surface area contributed by atoms with Crippen molar-refractivity contribution in [3.05, 3.63) is 64.7 Å². The number of halogens is 2. The van der Waals surface area contributed by atoms with Crippen molar-refractivity contribution in [2.75, 3.05) is 5.75 Å².